The molecule has 0 aliphatic carbocycles. The van der Waals surface area contributed by atoms with Gasteiger partial charge in [0.2, 0.25) is 5.91 Å². The summed E-state index contributed by atoms with van der Waals surface area (Å²) < 4.78 is 0. The highest BCUT2D eigenvalue weighted by atomic mass is 32.1. The molecular formula is C10H7N2OS. The highest BCUT2D eigenvalue weighted by Gasteiger charge is 2.02. The molecule has 1 radical (unpaired) electrons. The third kappa shape index (κ3) is 1.65. The molecule has 1 heterocycles. The summed E-state index contributed by atoms with van der Waals surface area (Å²) >= 11 is 1.42. The van der Waals surface area contributed by atoms with Crippen LogP contribution in [0.5, 0.6) is 0 Å². The topological polar surface area (TPSA) is 56.0 Å². The van der Waals surface area contributed by atoms with E-state index in [1.54, 1.807) is 12.1 Å². The summed E-state index contributed by atoms with van der Waals surface area (Å²) in [6.45, 7) is 0. The number of aromatic nitrogens is 1. The molecule has 0 fully saturated rings. The van der Waals surface area contributed by atoms with Gasteiger partial charge in [-0.3, -0.25) is 4.79 Å². The van der Waals surface area contributed by atoms with Crippen LogP contribution >= 0.6 is 11.3 Å². The first-order chi connectivity index (χ1) is 6.77. The minimum atomic E-state index is -0.415. The molecule has 1 amide bonds. The Morgan fingerprint density at radius 1 is 1.36 bits per heavy atom. The van der Waals surface area contributed by atoms with Crippen molar-refractivity contribution in [3.05, 3.63) is 40.7 Å². The molecule has 2 rings (SSSR count). The normalized spacial score (nSPS) is 10.0. The largest absolute Gasteiger partial charge is 0.366 e. The van der Waals surface area contributed by atoms with Gasteiger partial charge in [-0.2, -0.15) is 0 Å². The molecule has 0 aliphatic rings. The number of hydrogen-bond donors (Lipinski definition) is 1. The smallest absolute Gasteiger partial charge is 0.248 e. The lowest BCUT2D eigenvalue weighted by molar-refractivity contribution is 0.100. The molecule has 0 spiro atoms. The number of hydrogen-bond acceptors (Lipinski definition) is 3. The molecule has 1 aromatic carbocycles. The Balaban J connectivity index is 2.36. The van der Waals surface area contributed by atoms with Gasteiger partial charge in [-0.05, 0) is 12.1 Å². The predicted molar refractivity (Wildman–Crippen MR) is 54.9 cm³/mol. The lowest BCUT2D eigenvalue weighted by Gasteiger charge is -1.97. The van der Waals surface area contributed by atoms with E-state index in [-0.39, 0.29) is 0 Å². The molecule has 3 nitrogen and oxygen atoms in total. The molecule has 1 aromatic heterocycles. The molecule has 14 heavy (non-hydrogen) atoms. The Labute approximate surface area is 85.2 Å². The first-order valence-corrected chi connectivity index (χ1v) is 4.87. The fraction of sp³-hybridized carbons (Fsp3) is 0. The Morgan fingerprint density at radius 3 is 2.57 bits per heavy atom. The number of nitrogens with two attached hydrogens (primary N) is 1. The average molecular weight is 203 g/mol. The first-order valence-electron chi connectivity index (χ1n) is 3.99. The monoisotopic (exact) mass is 203 g/mol. The van der Waals surface area contributed by atoms with Crippen LogP contribution < -0.4 is 5.73 Å². The third-order valence-electron chi connectivity index (χ3n) is 1.85. The van der Waals surface area contributed by atoms with Gasteiger partial charge >= 0.3 is 0 Å². The van der Waals surface area contributed by atoms with Crippen molar-refractivity contribution in [1.82, 2.24) is 4.98 Å². The molecule has 0 aliphatic heterocycles. The summed E-state index contributed by atoms with van der Waals surface area (Å²) in [6.07, 6.45) is 0. The van der Waals surface area contributed by atoms with Crippen LogP contribution in [0.4, 0.5) is 0 Å². The Morgan fingerprint density at radius 2 is 2.07 bits per heavy atom. The highest BCUT2D eigenvalue weighted by molar-refractivity contribution is 7.07. The van der Waals surface area contributed by atoms with E-state index in [4.69, 9.17) is 5.73 Å². The quantitative estimate of drug-likeness (QED) is 0.807. The highest BCUT2D eigenvalue weighted by Crippen LogP contribution is 2.18. The van der Waals surface area contributed by atoms with Crippen molar-refractivity contribution in [3.63, 3.8) is 0 Å². The SMILES string of the molecule is NC(=O)c1ccc(-c2cs[c]n2)cc1. The van der Waals surface area contributed by atoms with E-state index in [2.05, 4.69) is 10.5 Å². The molecular weight excluding hydrogens is 196 g/mol. The van der Waals surface area contributed by atoms with E-state index in [0.29, 0.717) is 5.56 Å². The van der Waals surface area contributed by atoms with Gasteiger partial charge in [0.25, 0.3) is 0 Å². The Bertz CT molecular complexity index is 434. The molecule has 0 atom stereocenters. The second-order valence-corrected chi connectivity index (χ2v) is 3.42. The van der Waals surface area contributed by atoms with Crippen molar-refractivity contribution in [3.8, 4) is 11.3 Å². The number of carbonyl (C=O) groups is 1. The van der Waals surface area contributed by atoms with Crippen molar-refractivity contribution >= 4 is 17.2 Å². The molecule has 2 aromatic rings. The molecule has 0 saturated carbocycles. The van der Waals surface area contributed by atoms with Crippen molar-refractivity contribution in [1.29, 1.82) is 0 Å². The van der Waals surface area contributed by atoms with Gasteiger partial charge in [0.15, 0.2) is 5.51 Å². The van der Waals surface area contributed by atoms with Crippen LogP contribution in [-0.4, -0.2) is 10.9 Å². The number of benzene rings is 1. The van der Waals surface area contributed by atoms with E-state index in [1.165, 1.54) is 11.3 Å². The number of rotatable bonds is 2. The second-order valence-electron chi connectivity index (χ2n) is 2.77. The molecule has 0 bridgehead atoms. The Kier molecular flexibility index (Phi) is 2.28. The lowest BCUT2D eigenvalue weighted by atomic mass is 10.1. The predicted octanol–water partition coefficient (Wildman–Crippen LogP) is 1.71. The van der Waals surface area contributed by atoms with Crippen LogP contribution in [0.1, 0.15) is 10.4 Å². The molecule has 2 N–H and O–H groups in total. The van der Waals surface area contributed by atoms with Crippen molar-refractivity contribution in [2.75, 3.05) is 0 Å². The van der Waals surface area contributed by atoms with E-state index in [1.807, 2.05) is 17.5 Å². The van der Waals surface area contributed by atoms with E-state index >= 15 is 0 Å². The van der Waals surface area contributed by atoms with Crippen LogP contribution in [0.15, 0.2) is 29.6 Å². The number of amides is 1. The maximum Gasteiger partial charge on any atom is 0.248 e. The van der Waals surface area contributed by atoms with Gasteiger partial charge in [-0.15, -0.1) is 11.3 Å². The summed E-state index contributed by atoms with van der Waals surface area (Å²) in [4.78, 5) is 14.8. The minimum absolute atomic E-state index is 0.415. The van der Waals surface area contributed by atoms with Gasteiger partial charge in [0.1, 0.15) is 0 Å². The van der Waals surface area contributed by atoms with Gasteiger partial charge in [-0.25, -0.2) is 4.98 Å². The zero-order valence-corrected chi connectivity index (χ0v) is 8.04. The third-order valence-corrected chi connectivity index (χ3v) is 2.39. The van der Waals surface area contributed by atoms with E-state index in [0.717, 1.165) is 11.3 Å². The number of thiazole rings is 1. The standard InChI is InChI=1S/C10H7N2OS/c11-10(13)8-3-1-7(2-4-8)9-5-14-6-12-9/h1-5H,(H2,11,13). The van der Waals surface area contributed by atoms with Crippen molar-refractivity contribution in [2.24, 2.45) is 5.73 Å². The summed E-state index contributed by atoms with van der Waals surface area (Å²) in [5, 5.41) is 1.90. The van der Waals surface area contributed by atoms with Crippen molar-refractivity contribution < 1.29 is 4.79 Å². The van der Waals surface area contributed by atoms with Crippen LogP contribution in [0.25, 0.3) is 11.3 Å². The first kappa shape index (κ1) is 8.90. The maximum atomic E-state index is 10.8. The summed E-state index contributed by atoms with van der Waals surface area (Å²) in [6, 6.07) is 7.03. The molecule has 4 heteroatoms. The Hall–Kier alpha value is -1.68. The van der Waals surface area contributed by atoms with E-state index in [9.17, 15) is 4.79 Å². The van der Waals surface area contributed by atoms with Crippen LogP contribution in [0.2, 0.25) is 0 Å². The molecule has 0 saturated heterocycles. The van der Waals surface area contributed by atoms with Crippen molar-refractivity contribution in [2.45, 2.75) is 0 Å². The number of nitrogens with zero attached hydrogens (tertiary/aromatic N) is 1. The average Bonchev–Trinajstić information content (AvgIpc) is 2.71. The zero-order chi connectivity index (χ0) is 9.97. The summed E-state index contributed by atoms with van der Waals surface area (Å²) in [7, 11) is 0. The van der Waals surface area contributed by atoms with Gasteiger partial charge in [0, 0.05) is 16.5 Å². The van der Waals surface area contributed by atoms with Crippen LogP contribution in [-0.2, 0) is 0 Å². The van der Waals surface area contributed by atoms with Crippen LogP contribution in [0, 0.1) is 5.51 Å². The van der Waals surface area contributed by atoms with Gasteiger partial charge in [0.05, 0.1) is 5.69 Å². The number of primary amides is 1. The molecule has 69 valence electrons. The summed E-state index contributed by atoms with van der Waals surface area (Å²) in [5.74, 6) is -0.415. The summed E-state index contributed by atoms with van der Waals surface area (Å²) in [5.41, 5.74) is 10.2. The fourth-order valence-corrected chi connectivity index (χ4v) is 1.63. The lowest BCUT2D eigenvalue weighted by Crippen LogP contribution is -2.10. The van der Waals surface area contributed by atoms with Gasteiger partial charge < -0.3 is 5.73 Å². The maximum absolute atomic E-state index is 10.8. The second kappa shape index (κ2) is 3.59. The van der Waals surface area contributed by atoms with Gasteiger partial charge in [-0.1, -0.05) is 12.1 Å². The molecule has 0 unspecified atom stereocenters. The minimum Gasteiger partial charge on any atom is -0.366 e. The van der Waals surface area contributed by atoms with E-state index < -0.39 is 5.91 Å². The van der Waals surface area contributed by atoms with Crippen LogP contribution in [0.3, 0.4) is 0 Å². The number of carbonyl (C=O) groups excluding carboxylic acids is 1. The fourth-order valence-electron chi connectivity index (χ4n) is 1.12. The zero-order valence-electron chi connectivity index (χ0n) is 7.23.